The molecular formula is C17H17N3O5S2. The monoisotopic (exact) mass is 407 g/mol. The summed E-state index contributed by atoms with van der Waals surface area (Å²) in [4.78, 5) is 0.608. The molecule has 142 valence electrons. The average Bonchev–Trinajstić information content (AvgIpc) is 3.19. The number of nitrogens with one attached hydrogen (secondary N) is 1. The number of hydrogen-bond donors (Lipinski definition) is 1. The van der Waals surface area contributed by atoms with Crippen LogP contribution in [0, 0.1) is 0 Å². The zero-order valence-electron chi connectivity index (χ0n) is 14.6. The third kappa shape index (κ3) is 3.62. The van der Waals surface area contributed by atoms with E-state index >= 15 is 0 Å². The molecule has 0 spiro atoms. The molecule has 0 saturated heterocycles. The summed E-state index contributed by atoms with van der Waals surface area (Å²) < 4.78 is 44.2. The molecule has 2 aromatic heterocycles. The highest BCUT2D eigenvalue weighted by atomic mass is 32.2. The lowest BCUT2D eigenvalue weighted by atomic mass is 10.3. The van der Waals surface area contributed by atoms with Crippen molar-refractivity contribution in [3.05, 3.63) is 36.2 Å². The SMILES string of the molecule is COc1ccc(NS(=O)(=O)c2ccc(-c3nnc(C4CC4)o3)s2)c(OC)c1. The Hall–Kier alpha value is -2.59. The van der Waals surface area contributed by atoms with Gasteiger partial charge in [0.25, 0.3) is 15.9 Å². The number of nitrogens with zero attached hydrogens (tertiary/aromatic N) is 2. The Balaban J connectivity index is 1.58. The van der Waals surface area contributed by atoms with E-state index in [1.807, 2.05) is 0 Å². The Morgan fingerprint density at radius 3 is 2.67 bits per heavy atom. The summed E-state index contributed by atoms with van der Waals surface area (Å²) in [5.74, 6) is 2.23. The molecule has 0 aliphatic heterocycles. The Labute approximate surface area is 160 Å². The van der Waals surface area contributed by atoms with Crippen molar-refractivity contribution in [2.75, 3.05) is 18.9 Å². The van der Waals surface area contributed by atoms with Gasteiger partial charge in [0, 0.05) is 12.0 Å². The average molecular weight is 407 g/mol. The molecule has 1 aliphatic rings. The van der Waals surface area contributed by atoms with Crippen LogP contribution in [0.3, 0.4) is 0 Å². The van der Waals surface area contributed by atoms with E-state index in [1.165, 1.54) is 20.3 Å². The maximum atomic E-state index is 12.7. The van der Waals surface area contributed by atoms with Crippen LogP contribution in [0.15, 0.2) is 39.0 Å². The minimum Gasteiger partial charge on any atom is -0.497 e. The smallest absolute Gasteiger partial charge is 0.271 e. The van der Waals surface area contributed by atoms with Crippen LogP contribution in [-0.4, -0.2) is 32.8 Å². The van der Waals surface area contributed by atoms with E-state index in [9.17, 15) is 8.42 Å². The van der Waals surface area contributed by atoms with E-state index in [4.69, 9.17) is 13.9 Å². The summed E-state index contributed by atoms with van der Waals surface area (Å²) in [5.41, 5.74) is 0.321. The molecule has 4 rings (SSSR count). The summed E-state index contributed by atoms with van der Waals surface area (Å²) >= 11 is 1.07. The zero-order chi connectivity index (χ0) is 19.0. The van der Waals surface area contributed by atoms with Crippen LogP contribution < -0.4 is 14.2 Å². The van der Waals surface area contributed by atoms with Gasteiger partial charge in [-0.25, -0.2) is 8.42 Å². The van der Waals surface area contributed by atoms with Crippen molar-refractivity contribution in [3.63, 3.8) is 0 Å². The first-order chi connectivity index (χ1) is 13.0. The molecule has 0 amide bonds. The van der Waals surface area contributed by atoms with Crippen LogP contribution in [0.1, 0.15) is 24.7 Å². The zero-order valence-corrected chi connectivity index (χ0v) is 16.3. The fourth-order valence-electron chi connectivity index (χ4n) is 2.49. The van der Waals surface area contributed by atoms with E-state index in [2.05, 4.69) is 14.9 Å². The summed E-state index contributed by atoms with van der Waals surface area (Å²) in [6.07, 6.45) is 2.11. The van der Waals surface area contributed by atoms with E-state index < -0.39 is 10.0 Å². The molecule has 1 aromatic carbocycles. The summed E-state index contributed by atoms with van der Waals surface area (Å²) in [6.45, 7) is 0. The fourth-order valence-corrected chi connectivity index (χ4v) is 4.78. The minimum absolute atomic E-state index is 0.140. The second kappa shape index (κ2) is 6.86. The quantitative estimate of drug-likeness (QED) is 0.639. The third-order valence-corrected chi connectivity index (χ3v) is 7.01. The second-order valence-corrected chi connectivity index (χ2v) is 9.00. The van der Waals surface area contributed by atoms with Gasteiger partial charge >= 0.3 is 0 Å². The van der Waals surface area contributed by atoms with Crippen LogP contribution in [0.4, 0.5) is 5.69 Å². The molecule has 0 atom stereocenters. The molecule has 8 nitrogen and oxygen atoms in total. The number of sulfonamides is 1. The molecule has 10 heteroatoms. The van der Waals surface area contributed by atoms with Crippen molar-refractivity contribution in [1.29, 1.82) is 0 Å². The predicted molar refractivity (Wildman–Crippen MR) is 99.9 cm³/mol. The molecule has 3 aromatic rings. The van der Waals surface area contributed by atoms with E-state index in [0.29, 0.717) is 39.8 Å². The normalized spacial score (nSPS) is 14.1. The lowest BCUT2D eigenvalue weighted by Gasteiger charge is -2.12. The highest BCUT2D eigenvalue weighted by molar-refractivity contribution is 7.94. The fraction of sp³-hybridized carbons (Fsp3) is 0.294. The highest BCUT2D eigenvalue weighted by Crippen LogP contribution is 2.41. The number of thiophene rings is 1. The van der Waals surface area contributed by atoms with Gasteiger partial charge < -0.3 is 13.9 Å². The van der Waals surface area contributed by atoms with Gasteiger partial charge in [-0.05, 0) is 37.1 Å². The van der Waals surface area contributed by atoms with Crippen LogP contribution in [-0.2, 0) is 10.0 Å². The van der Waals surface area contributed by atoms with Crippen LogP contribution in [0.25, 0.3) is 10.8 Å². The molecule has 1 fully saturated rings. The van der Waals surface area contributed by atoms with Crippen LogP contribution in [0.2, 0.25) is 0 Å². The molecule has 1 saturated carbocycles. The van der Waals surface area contributed by atoms with Gasteiger partial charge in [-0.2, -0.15) is 0 Å². The van der Waals surface area contributed by atoms with Crippen molar-refractivity contribution in [1.82, 2.24) is 10.2 Å². The number of ether oxygens (including phenoxy) is 2. The van der Waals surface area contributed by atoms with Gasteiger partial charge in [0.05, 0.1) is 24.8 Å². The van der Waals surface area contributed by atoms with Gasteiger partial charge in [-0.15, -0.1) is 21.5 Å². The predicted octanol–water partition coefficient (Wildman–Crippen LogP) is 3.49. The van der Waals surface area contributed by atoms with Gasteiger partial charge in [0.2, 0.25) is 5.89 Å². The maximum Gasteiger partial charge on any atom is 0.271 e. The second-order valence-electron chi connectivity index (χ2n) is 6.01. The molecule has 0 radical (unpaired) electrons. The van der Waals surface area contributed by atoms with Gasteiger partial charge in [0.15, 0.2) is 0 Å². The van der Waals surface area contributed by atoms with Gasteiger partial charge in [-0.1, -0.05) is 0 Å². The van der Waals surface area contributed by atoms with Crippen molar-refractivity contribution in [2.45, 2.75) is 23.0 Å². The molecule has 0 unspecified atom stereocenters. The molecule has 1 aliphatic carbocycles. The first kappa shape index (κ1) is 17.8. The number of anilines is 1. The summed E-state index contributed by atoms with van der Waals surface area (Å²) in [6, 6.07) is 8.02. The van der Waals surface area contributed by atoms with Gasteiger partial charge in [0.1, 0.15) is 15.7 Å². The minimum atomic E-state index is -3.79. The number of rotatable bonds is 7. The van der Waals surface area contributed by atoms with Crippen molar-refractivity contribution < 1.29 is 22.3 Å². The van der Waals surface area contributed by atoms with Crippen LogP contribution >= 0.6 is 11.3 Å². The highest BCUT2D eigenvalue weighted by Gasteiger charge is 2.30. The van der Waals surface area contributed by atoms with Crippen LogP contribution in [0.5, 0.6) is 11.5 Å². The Morgan fingerprint density at radius 2 is 1.96 bits per heavy atom. The largest absolute Gasteiger partial charge is 0.497 e. The summed E-state index contributed by atoms with van der Waals surface area (Å²) in [5, 5.41) is 8.05. The first-order valence-electron chi connectivity index (χ1n) is 8.18. The Morgan fingerprint density at radius 1 is 1.15 bits per heavy atom. The standard InChI is InChI=1S/C17H17N3O5S2/c1-23-11-5-6-12(13(9-11)24-2)20-27(21,22)15-8-7-14(26-15)17-19-18-16(25-17)10-3-4-10/h5-10,20H,3-4H2,1-2H3. The molecule has 27 heavy (non-hydrogen) atoms. The number of aromatic nitrogens is 2. The molecular weight excluding hydrogens is 390 g/mol. The van der Waals surface area contributed by atoms with Crippen molar-refractivity contribution in [2.24, 2.45) is 0 Å². The Kier molecular flexibility index (Phi) is 4.52. The molecule has 0 bridgehead atoms. The first-order valence-corrected chi connectivity index (χ1v) is 10.5. The number of hydrogen-bond acceptors (Lipinski definition) is 8. The van der Waals surface area contributed by atoms with E-state index in [-0.39, 0.29) is 4.21 Å². The third-order valence-electron chi connectivity index (χ3n) is 4.08. The molecule has 2 heterocycles. The lowest BCUT2D eigenvalue weighted by molar-refractivity contribution is 0.395. The summed E-state index contributed by atoms with van der Waals surface area (Å²) in [7, 11) is -0.805. The molecule has 1 N–H and O–H groups in total. The van der Waals surface area contributed by atoms with Crippen molar-refractivity contribution >= 4 is 27.0 Å². The van der Waals surface area contributed by atoms with Crippen molar-refractivity contribution in [3.8, 4) is 22.3 Å². The van der Waals surface area contributed by atoms with Gasteiger partial charge in [-0.3, -0.25) is 4.72 Å². The van der Waals surface area contributed by atoms with E-state index in [1.54, 1.807) is 24.3 Å². The lowest BCUT2D eigenvalue weighted by Crippen LogP contribution is -2.12. The number of methoxy groups -OCH3 is 2. The maximum absolute atomic E-state index is 12.7. The number of benzene rings is 1. The van der Waals surface area contributed by atoms with E-state index in [0.717, 1.165) is 24.2 Å². The Bertz CT molecular complexity index is 1070. The topological polar surface area (TPSA) is 104 Å².